The van der Waals surface area contributed by atoms with Crippen LogP contribution in [0.5, 0.6) is 0 Å². The number of hydrogen-bond donors (Lipinski definition) is 1. The van der Waals surface area contributed by atoms with Crippen LogP contribution in [-0.4, -0.2) is 12.5 Å². The first-order valence-corrected chi connectivity index (χ1v) is 7.21. The van der Waals surface area contributed by atoms with Gasteiger partial charge in [-0.05, 0) is 42.3 Å². The van der Waals surface area contributed by atoms with Crippen LogP contribution in [0.15, 0.2) is 46.9 Å². The lowest BCUT2D eigenvalue weighted by atomic mass is 10.1. The monoisotopic (exact) mass is 355 g/mol. The van der Waals surface area contributed by atoms with Gasteiger partial charge in [0, 0.05) is 11.0 Å². The van der Waals surface area contributed by atoms with Crippen molar-refractivity contribution in [1.29, 1.82) is 0 Å². The van der Waals surface area contributed by atoms with Gasteiger partial charge >= 0.3 is 0 Å². The Kier molecular flexibility index (Phi) is 5.15. The van der Waals surface area contributed by atoms with Crippen molar-refractivity contribution in [3.05, 3.63) is 68.9 Å². The molecule has 1 N–H and O–H groups in total. The fourth-order valence-corrected chi connectivity index (χ4v) is 2.34. The van der Waals surface area contributed by atoms with Crippen molar-refractivity contribution in [1.82, 2.24) is 5.32 Å². The average molecular weight is 357 g/mol. The van der Waals surface area contributed by atoms with E-state index < -0.39 is 0 Å². The van der Waals surface area contributed by atoms with Crippen molar-refractivity contribution in [3.63, 3.8) is 0 Å². The van der Waals surface area contributed by atoms with Crippen LogP contribution in [-0.2, 0) is 6.42 Å². The molecular weight excluding hydrogens is 345 g/mol. The third kappa shape index (κ3) is 4.05. The third-order valence-electron chi connectivity index (χ3n) is 2.76. The van der Waals surface area contributed by atoms with Crippen LogP contribution in [0.3, 0.4) is 0 Å². The molecule has 2 nitrogen and oxygen atoms in total. The summed E-state index contributed by atoms with van der Waals surface area (Å²) in [5.41, 5.74) is 1.26. The van der Waals surface area contributed by atoms with Crippen LogP contribution in [0.4, 0.5) is 4.39 Å². The molecule has 5 heteroatoms. The molecule has 2 aromatic carbocycles. The van der Waals surface area contributed by atoms with Gasteiger partial charge in [0.05, 0.1) is 10.6 Å². The fourth-order valence-electron chi connectivity index (χ4n) is 1.78. The molecule has 0 unspecified atom stereocenters. The molecule has 0 heterocycles. The lowest BCUT2D eigenvalue weighted by Gasteiger charge is -2.07. The summed E-state index contributed by atoms with van der Waals surface area (Å²) in [5.74, 6) is -0.517. The molecule has 2 rings (SSSR count). The van der Waals surface area contributed by atoms with Crippen LogP contribution in [0.25, 0.3) is 0 Å². The second-order valence-electron chi connectivity index (χ2n) is 4.26. The van der Waals surface area contributed by atoms with E-state index in [1.54, 1.807) is 24.3 Å². The predicted octanol–water partition coefficient (Wildman–Crippen LogP) is 4.21. The molecule has 20 heavy (non-hydrogen) atoms. The standard InChI is InChI=1S/C15H12BrClFNO/c16-11-4-5-14(17)13(9-11)15(20)19-7-6-10-2-1-3-12(18)8-10/h1-5,8-9H,6-7H2,(H,19,20). The smallest absolute Gasteiger partial charge is 0.252 e. The van der Waals surface area contributed by atoms with E-state index in [0.29, 0.717) is 23.6 Å². The molecule has 1 amide bonds. The maximum absolute atomic E-state index is 13.0. The second kappa shape index (κ2) is 6.86. The number of hydrogen-bond acceptors (Lipinski definition) is 1. The zero-order valence-electron chi connectivity index (χ0n) is 10.5. The predicted molar refractivity (Wildman–Crippen MR) is 81.6 cm³/mol. The Labute approximate surface area is 130 Å². The largest absolute Gasteiger partial charge is 0.352 e. The summed E-state index contributed by atoms with van der Waals surface area (Å²) >= 11 is 9.27. The Morgan fingerprint density at radius 3 is 2.80 bits per heavy atom. The molecule has 0 aliphatic rings. The molecule has 0 bridgehead atoms. The van der Waals surface area contributed by atoms with Crippen LogP contribution >= 0.6 is 27.5 Å². The Morgan fingerprint density at radius 2 is 2.05 bits per heavy atom. The van der Waals surface area contributed by atoms with E-state index in [1.807, 2.05) is 6.07 Å². The Balaban J connectivity index is 1.94. The van der Waals surface area contributed by atoms with Gasteiger partial charge in [-0.25, -0.2) is 4.39 Å². The van der Waals surface area contributed by atoms with E-state index >= 15 is 0 Å². The fraction of sp³-hybridized carbons (Fsp3) is 0.133. The van der Waals surface area contributed by atoms with Crippen LogP contribution < -0.4 is 5.32 Å². The summed E-state index contributed by atoms with van der Waals surface area (Å²) in [6.07, 6.45) is 0.565. The first kappa shape index (κ1) is 15.0. The maximum atomic E-state index is 13.0. The highest BCUT2D eigenvalue weighted by Crippen LogP contribution is 2.20. The van der Waals surface area contributed by atoms with Gasteiger partial charge in [-0.15, -0.1) is 0 Å². The van der Waals surface area contributed by atoms with Gasteiger partial charge in [-0.3, -0.25) is 4.79 Å². The van der Waals surface area contributed by atoms with Crippen molar-refractivity contribution in [2.24, 2.45) is 0 Å². The number of halogens is 3. The number of nitrogens with one attached hydrogen (secondary N) is 1. The van der Waals surface area contributed by atoms with Crippen molar-refractivity contribution in [2.45, 2.75) is 6.42 Å². The molecule has 0 spiro atoms. The van der Waals surface area contributed by atoms with E-state index in [9.17, 15) is 9.18 Å². The summed E-state index contributed by atoms with van der Waals surface area (Å²) in [6, 6.07) is 11.4. The zero-order chi connectivity index (χ0) is 14.5. The summed E-state index contributed by atoms with van der Waals surface area (Å²) in [5, 5.41) is 3.17. The first-order chi connectivity index (χ1) is 9.56. The Bertz CT molecular complexity index is 633. The minimum atomic E-state index is -0.274. The summed E-state index contributed by atoms with van der Waals surface area (Å²) in [7, 11) is 0. The minimum absolute atomic E-state index is 0.243. The molecular formula is C15H12BrClFNO. The van der Waals surface area contributed by atoms with Gasteiger partial charge in [0.25, 0.3) is 5.91 Å². The van der Waals surface area contributed by atoms with Crippen LogP contribution in [0.1, 0.15) is 15.9 Å². The number of carbonyl (C=O) groups is 1. The van der Waals surface area contributed by atoms with Crippen LogP contribution in [0, 0.1) is 5.82 Å². The number of rotatable bonds is 4. The third-order valence-corrected chi connectivity index (χ3v) is 3.58. The summed E-state index contributed by atoms with van der Waals surface area (Å²) in [4.78, 5) is 12.0. The molecule has 0 saturated heterocycles. The van der Waals surface area contributed by atoms with Crippen molar-refractivity contribution in [3.8, 4) is 0 Å². The normalized spacial score (nSPS) is 10.3. The quantitative estimate of drug-likeness (QED) is 0.873. The van der Waals surface area contributed by atoms with E-state index in [4.69, 9.17) is 11.6 Å². The van der Waals surface area contributed by atoms with Crippen molar-refractivity contribution in [2.75, 3.05) is 6.54 Å². The van der Waals surface area contributed by atoms with Gasteiger partial charge in [-0.2, -0.15) is 0 Å². The molecule has 104 valence electrons. The average Bonchev–Trinajstić information content (AvgIpc) is 2.41. The Hall–Kier alpha value is -1.39. The highest BCUT2D eigenvalue weighted by Gasteiger charge is 2.10. The first-order valence-electron chi connectivity index (χ1n) is 6.04. The SMILES string of the molecule is O=C(NCCc1cccc(F)c1)c1cc(Br)ccc1Cl. The number of benzene rings is 2. The zero-order valence-corrected chi connectivity index (χ0v) is 12.8. The molecule has 0 radical (unpaired) electrons. The van der Waals surface area contributed by atoms with Gasteiger partial charge in [0.15, 0.2) is 0 Å². The number of amides is 1. The lowest BCUT2D eigenvalue weighted by Crippen LogP contribution is -2.26. The molecule has 0 saturated carbocycles. The second-order valence-corrected chi connectivity index (χ2v) is 5.58. The van der Waals surface area contributed by atoms with E-state index in [0.717, 1.165) is 10.0 Å². The van der Waals surface area contributed by atoms with E-state index in [-0.39, 0.29) is 11.7 Å². The minimum Gasteiger partial charge on any atom is -0.352 e. The highest BCUT2D eigenvalue weighted by molar-refractivity contribution is 9.10. The Morgan fingerprint density at radius 1 is 1.25 bits per heavy atom. The summed E-state index contributed by atoms with van der Waals surface area (Å²) in [6.45, 7) is 0.422. The van der Waals surface area contributed by atoms with Gasteiger partial charge in [0.1, 0.15) is 5.82 Å². The molecule has 0 atom stereocenters. The number of carbonyl (C=O) groups excluding carboxylic acids is 1. The molecule has 0 aromatic heterocycles. The molecule has 2 aromatic rings. The lowest BCUT2D eigenvalue weighted by molar-refractivity contribution is 0.0954. The molecule has 0 fully saturated rings. The van der Waals surface area contributed by atoms with Crippen molar-refractivity contribution < 1.29 is 9.18 Å². The highest BCUT2D eigenvalue weighted by atomic mass is 79.9. The van der Waals surface area contributed by atoms with Crippen LogP contribution in [0.2, 0.25) is 5.02 Å². The summed E-state index contributed by atoms with van der Waals surface area (Å²) < 4.78 is 13.8. The van der Waals surface area contributed by atoms with Gasteiger partial charge in [-0.1, -0.05) is 39.7 Å². The van der Waals surface area contributed by atoms with E-state index in [1.165, 1.54) is 12.1 Å². The molecule has 0 aliphatic heterocycles. The van der Waals surface area contributed by atoms with Gasteiger partial charge in [0.2, 0.25) is 0 Å². The maximum Gasteiger partial charge on any atom is 0.252 e. The van der Waals surface area contributed by atoms with Gasteiger partial charge < -0.3 is 5.32 Å². The topological polar surface area (TPSA) is 29.1 Å². The van der Waals surface area contributed by atoms with E-state index in [2.05, 4.69) is 21.2 Å². The molecule has 0 aliphatic carbocycles. The van der Waals surface area contributed by atoms with Crippen molar-refractivity contribution >= 4 is 33.4 Å².